The third kappa shape index (κ3) is 5.72. The average Bonchev–Trinajstić information content (AvgIpc) is 3.65. The number of carbonyl (C=O) groups is 2. The summed E-state index contributed by atoms with van der Waals surface area (Å²) in [6.07, 6.45) is 6.94. The standard InChI is InChI=1S/C28H36N2O4S/c1-20-8-10-22(11-9-20)34-19-25-24-13-16-35-26(24)12-14-30(25)27(31)18-29(17-23-7-4-15-33-23)28(32)21-5-2-3-6-21/h8-11,13,16,21,23,25H,2-7,12,14-15,17-19H2,1H3/t23-,25-/m1/s1. The number of carbonyl (C=O) groups excluding carboxylic acids is 2. The zero-order valence-electron chi connectivity index (χ0n) is 20.6. The highest BCUT2D eigenvalue weighted by atomic mass is 32.1. The van der Waals surface area contributed by atoms with Crippen LogP contribution in [0.4, 0.5) is 0 Å². The topological polar surface area (TPSA) is 59.1 Å². The van der Waals surface area contributed by atoms with E-state index < -0.39 is 0 Å². The van der Waals surface area contributed by atoms with Crippen molar-refractivity contribution in [3.05, 3.63) is 51.7 Å². The molecule has 6 nitrogen and oxygen atoms in total. The SMILES string of the molecule is Cc1ccc(OC[C@@H]2c3ccsc3CCN2C(=O)CN(C[C@H]2CCCO2)C(=O)C2CCCC2)cc1. The lowest BCUT2D eigenvalue weighted by atomic mass is 10.00. The molecule has 0 bridgehead atoms. The van der Waals surface area contributed by atoms with Crippen LogP contribution in [0.25, 0.3) is 0 Å². The van der Waals surface area contributed by atoms with Gasteiger partial charge in [-0.2, -0.15) is 0 Å². The number of fused-ring (bicyclic) bond motifs is 1. The highest BCUT2D eigenvalue weighted by molar-refractivity contribution is 7.10. The third-order valence-corrected chi connectivity index (χ3v) is 8.63. The van der Waals surface area contributed by atoms with Gasteiger partial charge >= 0.3 is 0 Å². The third-order valence-electron chi connectivity index (χ3n) is 7.63. The Hall–Kier alpha value is -2.38. The van der Waals surface area contributed by atoms with Gasteiger partial charge in [0.25, 0.3) is 0 Å². The number of amides is 2. The summed E-state index contributed by atoms with van der Waals surface area (Å²) in [6.45, 7) is 4.49. The second kappa shape index (κ2) is 11.1. The van der Waals surface area contributed by atoms with Crippen molar-refractivity contribution in [1.29, 1.82) is 0 Å². The van der Waals surface area contributed by atoms with E-state index in [2.05, 4.69) is 18.4 Å². The monoisotopic (exact) mass is 496 g/mol. The van der Waals surface area contributed by atoms with E-state index in [-0.39, 0.29) is 36.4 Å². The fourth-order valence-corrected chi connectivity index (χ4v) is 6.56. The summed E-state index contributed by atoms with van der Waals surface area (Å²) in [7, 11) is 0. The smallest absolute Gasteiger partial charge is 0.242 e. The molecule has 2 aliphatic heterocycles. The van der Waals surface area contributed by atoms with E-state index in [0.29, 0.717) is 19.7 Å². The number of aryl methyl sites for hydroxylation is 1. The van der Waals surface area contributed by atoms with Crippen LogP contribution < -0.4 is 4.74 Å². The number of rotatable bonds is 8. The van der Waals surface area contributed by atoms with E-state index in [4.69, 9.17) is 9.47 Å². The van der Waals surface area contributed by atoms with Crippen LogP contribution in [-0.2, 0) is 20.7 Å². The van der Waals surface area contributed by atoms with E-state index in [1.165, 1.54) is 16.0 Å². The molecular formula is C28H36N2O4S. The summed E-state index contributed by atoms with van der Waals surface area (Å²) in [5.74, 6) is 0.993. The molecule has 2 fully saturated rings. The second-order valence-electron chi connectivity index (χ2n) is 10.1. The van der Waals surface area contributed by atoms with E-state index >= 15 is 0 Å². The van der Waals surface area contributed by atoms with Crippen molar-refractivity contribution in [2.45, 2.75) is 64.0 Å². The minimum Gasteiger partial charge on any atom is -0.491 e. The zero-order chi connectivity index (χ0) is 24.2. The van der Waals surface area contributed by atoms with Gasteiger partial charge in [0.05, 0.1) is 18.7 Å². The van der Waals surface area contributed by atoms with Crippen molar-refractivity contribution in [3.63, 3.8) is 0 Å². The Kier molecular flexibility index (Phi) is 7.73. The first-order valence-corrected chi connectivity index (χ1v) is 13.9. The Balaban J connectivity index is 1.31. The van der Waals surface area contributed by atoms with Gasteiger partial charge in [-0.3, -0.25) is 9.59 Å². The summed E-state index contributed by atoms with van der Waals surface area (Å²) < 4.78 is 12.0. The fourth-order valence-electron chi connectivity index (χ4n) is 5.64. The molecular weight excluding hydrogens is 460 g/mol. The first-order valence-electron chi connectivity index (χ1n) is 13.0. The maximum atomic E-state index is 13.7. The Morgan fingerprint density at radius 1 is 1.11 bits per heavy atom. The largest absolute Gasteiger partial charge is 0.491 e. The van der Waals surface area contributed by atoms with E-state index in [9.17, 15) is 9.59 Å². The maximum Gasteiger partial charge on any atom is 0.242 e. The molecule has 1 saturated carbocycles. The lowest BCUT2D eigenvalue weighted by Crippen LogP contribution is -2.50. The number of ether oxygens (including phenoxy) is 2. The molecule has 1 aromatic carbocycles. The molecule has 0 unspecified atom stereocenters. The van der Waals surface area contributed by atoms with Gasteiger partial charge in [0.15, 0.2) is 0 Å². The Morgan fingerprint density at radius 3 is 2.66 bits per heavy atom. The molecule has 35 heavy (non-hydrogen) atoms. The zero-order valence-corrected chi connectivity index (χ0v) is 21.4. The average molecular weight is 497 g/mol. The molecule has 0 spiro atoms. The fraction of sp³-hybridized carbons (Fsp3) is 0.571. The molecule has 2 aromatic rings. The maximum absolute atomic E-state index is 13.7. The number of nitrogens with zero attached hydrogens (tertiary/aromatic N) is 2. The summed E-state index contributed by atoms with van der Waals surface area (Å²) in [6, 6.07) is 9.99. The predicted octanol–water partition coefficient (Wildman–Crippen LogP) is 4.76. The minimum atomic E-state index is -0.148. The number of benzene rings is 1. The molecule has 0 N–H and O–H groups in total. The quantitative estimate of drug-likeness (QED) is 0.529. The van der Waals surface area contributed by atoms with Crippen LogP contribution in [-0.4, -0.2) is 60.6 Å². The van der Waals surface area contributed by atoms with Crippen LogP contribution in [0.3, 0.4) is 0 Å². The summed E-state index contributed by atoms with van der Waals surface area (Å²) in [4.78, 5) is 32.2. The Morgan fingerprint density at radius 2 is 1.91 bits per heavy atom. The molecule has 3 aliphatic rings. The molecule has 2 atom stereocenters. The molecule has 2 amide bonds. The van der Waals surface area contributed by atoms with Crippen molar-refractivity contribution in [1.82, 2.24) is 9.80 Å². The highest BCUT2D eigenvalue weighted by Crippen LogP contribution is 2.34. The molecule has 7 heteroatoms. The highest BCUT2D eigenvalue weighted by Gasteiger charge is 2.36. The van der Waals surface area contributed by atoms with Crippen LogP contribution in [0.2, 0.25) is 0 Å². The minimum absolute atomic E-state index is 0.00343. The van der Waals surface area contributed by atoms with Crippen molar-refractivity contribution >= 4 is 23.2 Å². The summed E-state index contributed by atoms with van der Waals surface area (Å²) in [5, 5.41) is 2.10. The predicted molar refractivity (Wildman–Crippen MR) is 137 cm³/mol. The number of thiophene rings is 1. The van der Waals surface area contributed by atoms with E-state index in [0.717, 1.165) is 57.3 Å². The van der Waals surface area contributed by atoms with Crippen LogP contribution in [0.15, 0.2) is 35.7 Å². The molecule has 0 radical (unpaired) electrons. The van der Waals surface area contributed by atoms with Gasteiger partial charge in [0, 0.05) is 30.5 Å². The van der Waals surface area contributed by atoms with Gasteiger partial charge in [0.1, 0.15) is 12.4 Å². The molecule has 3 heterocycles. The van der Waals surface area contributed by atoms with Gasteiger partial charge in [-0.25, -0.2) is 0 Å². The van der Waals surface area contributed by atoms with Gasteiger partial charge < -0.3 is 19.3 Å². The van der Waals surface area contributed by atoms with Crippen LogP contribution in [0.5, 0.6) is 5.75 Å². The van der Waals surface area contributed by atoms with Crippen LogP contribution in [0.1, 0.15) is 60.6 Å². The summed E-state index contributed by atoms with van der Waals surface area (Å²) in [5.41, 5.74) is 2.36. The number of hydrogen-bond donors (Lipinski definition) is 0. The first-order chi connectivity index (χ1) is 17.1. The van der Waals surface area contributed by atoms with Crippen molar-refractivity contribution in [2.24, 2.45) is 5.92 Å². The molecule has 188 valence electrons. The van der Waals surface area contributed by atoms with Crippen molar-refractivity contribution in [3.8, 4) is 5.75 Å². The molecule has 1 saturated heterocycles. The van der Waals surface area contributed by atoms with E-state index in [1.54, 1.807) is 16.2 Å². The molecule has 5 rings (SSSR count). The molecule has 1 aliphatic carbocycles. The lowest BCUT2D eigenvalue weighted by Gasteiger charge is -2.37. The van der Waals surface area contributed by atoms with Crippen LogP contribution in [0, 0.1) is 12.8 Å². The van der Waals surface area contributed by atoms with Crippen molar-refractivity contribution < 1.29 is 19.1 Å². The second-order valence-corrected chi connectivity index (χ2v) is 11.1. The van der Waals surface area contributed by atoms with Crippen LogP contribution >= 0.6 is 11.3 Å². The summed E-state index contributed by atoms with van der Waals surface area (Å²) >= 11 is 1.75. The van der Waals surface area contributed by atoms with Gasteiger partial charge in [-0.05, 0) is 68.2 Å². The van der Waals surface area contributed by atoms with Crippen molar-refractivity contribution in [2.75, 3.05) is 32.8 Å². The normalized spacial score (nSPS) is 22.3. The molecule has 1 aromatic heterocycles. The van der Waals surface area contributed by atoms with Gasteiger partial charge in [0.2, 0.25) is 11.8 Å². The lowest BCUT2D eigenvalue weighted by molar-refractivity contribution is -0.146. The Labute approximate surface area is 212 Å². The first kappa shape index (κ1) is 24.3. The van der Waals surface area contributed by atoms with E-state index in [1.807, 2.05) is 29.2 Å². The van der Waals surface area contributed by atoms with Gasteiger partial charge in [-0.15, -0.1) is 11.3 Å². The number of hydrogen-bond acceptors (Lipinski definition) is 5. The van der Waals surface area contributed by atoms with Gasteiger partial charge in [-0.1, -0.05) is 30.5 Å². The Bertz CT molecular complexity index is 1010.